The number of halogens is 3. The largest absolute Gasteiger partial charge is 0.465 e. The minimum absolute atomic E-state index is 0.139. The number of rotatable bonds is 2. The summed E-state index contributed by atoms with van der Waals surface area (Å²) in [4.78, 5) is 14.9. The Labute approximate surface area is 99.0 Å². The lowest BCUT2D eigenvalue weighted by Gasteiger charge is -2.10. The molecule has 1 aromatic rings. The van der Waals surface area contributed by atoms with Crippen molar-refractivity contribution in [2.24, 2.45) is 0 Å². The first-order valence-electron chi connectivity index (χ1n) is 4.00. The maximum absolute atomic E-state index is 12.6. The van der Waals surface area contributed by atoms with Crippen LogP contribution in [0, 0.1) is 10.5 Å². The average Bonchev–Trinajstić information content (AvgIpc) is 2.20. The lowest BCUT2D eigenvalue weighted by molar-refractivity contribution is 0.0586. The third kappa shape index (κ3) is 2.42. The van der Waals surface area contributed by atoms with Crippen molar-refractivity contribution >= 4 is 28.6 Å². The van der Waals surface area contributed by atoms with Gasteiger partial charge in [-0.15, -0.1) is 0 Å². The predicted octanol–water partition coefficient (Wildman–Crippen LogP) is 2.72. The van der Waals surface area contributed by atoms with Gasteiger partial charge in [0.15, 0.2) is 0 Å². The van der Waals surface area contributed by atoms with Crippen molar-refractivity contribution in [3.05, 3.63) is 26.6 Å². The van der Waals surface area contributed by atoms with E-state index >= 15 is 0 Å². The zero-order valence-electron chi connectivity index (χ0n) is 8.05. The zero-order valence-corrected chi connectivity index (χ0v) is 10.2. The van der Waals surface area contributed by atoms with Gasteiger partial charge in [0.25, 0.3) is 6.43 Å². The Kier molecular flexibility index (Phi) is 3.95. The molecule has 82 valence electrons. The maximum atomic E-state index is 12.6. The van der Waals surface area contributed by atoms with Gasteiger partial charge in [-0.25, -0.2) is 13.6 Å². The van der Waals surface area contributed by atoms with E-state index in [-0.39, 0.29) is 5.56 Å². The molecule has 1 heterocycles. The van der Waals surface area contributed by atoms with Gasteiger partial charge in [-0.05, 0) is 35.1 Å². The Morgan fingerprint density at radius 1 is 1.60 bits per heavy atom. The third-order valence-electron chi connectivity index (χ3n) is 1.90. The third-order valence-corrected chi connectivity index (χ3v) is 2.99. The number of methoxy groups -OCH3 is 1. The van der Waals surface area contributed by atoms with Crippen molar-refractivity contribution in [2.45, 2.75) is 13.3 Å². The molecule has 15 heavy (non-hydrogen) atoms. The van der Waals surface area contributed by atoms with Crippen LogP contribution in [-0.4, -0.2) is 18.1 Å². The zero-order chi connectivity index (χ0) is 11.6. The van der Waals surface area contributed by atoms with E-state index in [1.807, 2.05) is 22.6 Å². The fourth-order valence-corrected chi connectivity index (χ4v) is 1.53. The van der Waals surface area contributed by atoms with Crippen LogP contribution in [0.5, 0.6) is 0 Å². The Bertz CT molecular complexity index is 396. The molecule has 0 atom stereocenters. The van der Waals surface area contributed by atoms with Crippen LogP contribution in [0.25, 0.3) is 0 Å². The van der Waals surface area contributed by atoms with E-state index in [1.54, 1.807) is 6.92 Å². The van der Waals surface area contributed by atoms with Crippen molar-refractivity contribution < 1.29 is 18.3 Å². The van der Waals surface area contributed by atoms with Crippen LogP contribution in [0.2, 0.25) is 0 Å². The molecule has 0 bridgehead atoms. The summed E-state index contributed by atoms with van der Waals surface area (Å²) < 4.78 is 30.2. The molecule has 1 rings (SSSR count). The molecule has 0 saturated carbocycles. The van der Waals surface area contributed by atoms with Crippen LogP contribution in [0.1, 0.15) is 28.0 Å². The van der Waals surface area contributed by atoms with Crippen LogP contribution >= 0.6 is 22.6 Å². The van der Waals surface area contributed by atoms with Gasteiger partial charge >= 0.3 is 5.97 Å². The monoisotopic (exact) mass is 327 g/mol. The summed E-state index contributed by atoms with van der Waals surface area (Å²) in [6, 6.07) is 0. The van der Waals surface area contributed by atoms with Crippen LogP contribution in [-0.2, 0) is 4.74 Å². The lowest BCUT2D eigenvalue weighted by Crippen LogP contribution is -2.11. The summed E-state index contributed by atoms with van der Waals surface area (Å²) in [6.45, 7) is 1.58. The maximum Gasteiger partial charge on any atom is 0.340 e. The number of carbonyl (C=O) groups is 1. The molecule has 1 aromatic heterocycles. The van der Waals surface area contributed by atoms with Crippen molar-refractivity contribution in [1.29, 1.82) is 0 Å². The molecule has 0 unspecified atom stereocenters. The highest BCUT2D eigenvalue weighted by Crippen LogP contribution is 2.26. The topological polar surface area (TPSA) is 39.2 Å². The highest BCUT2D eigenvalue weighted by molar-refractivity contribution is 14.1. The van der Waals surface area contributed by atoms with Gasteiger partial charge in [-0.1, -0.05) is 0 Å². The number of alkyl halides is 2. The molecule has 0 N–H and O–H groups in total. The second kappa shape index (κ2) is 4.82. The quantitative estimate of drug-likeness (QED) is 0.619. The smallest absolute Gasteiger partial charge is 0.340 e. The van der Waals surface area contributed by atoms with Crippen molar-refractivity contribution in [3.63, 3.8) is 0 Å². The molecule has 0 fully saturated rings. The predicted molar refractivity (Wildman–Crippen MR) is 58.0 cm³/mol. The average molecular weight is 327 g/mol. The normalized spacial score (nSPS) is 10.5. The van der Waals surface area contributed by atoms with Crippen molar-refractivity contribution in [3.8, 4) is 0 Å². The van der Waals surface area contributed by atoms with Gasteiger partial charge in [0.05, 0.1) is 12.7 Å². The van der Waals surface area contributed by atoms with Crippen LogP contribution < -0.4 is 0 Å². The fourth-order valence-electron chi connectivity index (χ4n) is 1.12. The van der Waals surface area contributed by atoms with E-state index in [1.165, 1.54) is 6.20 Å². The van der Waals surface area contributed by atoms with Gasteiger partial charge in [-0.2, -0.15) is 0 Å². The second-order valence-corrected chi connectivity index (χ2v) is 3.95. The molecule has 0 aliphatic carbocycles. The molecule has 0 aliphatic rings. The van der Waals surface area contributed by atoms with Gasteiger partial charge in [-0.3, -0.25) is 4.98 Å². The molecule has 0 spiro atoms. The molecule has 0 aromatic carbocycles. The Morgan fingerprint density at radius 3 is 2.67 bits per heavy atom. The van der Waals surface area contributed by atoms with Crippen LogP contribution in [0.15, 0.2) is 6.20 Å². The van der Waals surface area contributed by atoms with Gasteiger partial charge in [0.2, 0.25) is 0 Å². The number of hydrogen-bond acceptors (Lipinski definition) is 3. The Hall–Kier alpha value is -0.790. The van der Waals surface area contributed by atoms with Crippen molar-refractivity contribution in [1.82, 2.24) is 4.98 Å². The number of ether oxygens (including phenoxy) is 1. The highest BCUT2D eigenvalue weighted by atomic mass is 127. The van der Waals surface area contributed by atoms with E-state index in [9.17, 15) is 13.6 Å². The van der Waals surface area contributed by atoms with Crippen LogP contribution in [0.4, 0.5) is 8.78 Å². The van der Waals surface area contributed by atoms with E-state index < -0.39 is 18.1 Å². The number of aromatic nitrogens is 1. The molecule has 0 radical (unpaired) electrons. The first-order chi connectivity index (χ1) is 6.99. The number of hydrogen-bond donors (Lipinski definition) is 0. The number of nitrogens with zero attached hydrogens (tertiary/aromatic N) is 1. The minimum atomic E-state index is -2.78. The highest BCUT2D eigenvalue weighted by Gasteiger charge is 2.23. The minimum Gasteiger partial charge on any atom is -0.465 e. The first-order valence-corrected chi connectivity index (χ1v) is 5.08. The fraction of sp³-hybridized carbons (Fsp3) is 0.333. The van der Waals surface area contributed by atoms with Gasteiger partial charge < -0.3 is 4.74 Å². The summed E-state index contributed by atoms with van der Waals surface area (Å²) in [7, 11) is 1.15. The van der Waals surface area contributed by atoms with Crippen molar-refractivity contribution in [2.75, 3.05) is 7.11 Å². The molecule has 0 amide bonds. The number of esters is 1. The van der Waals surface area contributed by atoms with E-state index in [0.717, 1.165) is 7.11 Å². The molecular weight excluding hydrogens is 319 g/mol. The molecule has 6 heteroatoms. The van der Waals surface area contributed by atoms with E-state index in [0.29, 0.717) is 9.13 Å². The van der Waals surface area contributed by atoms with Gasteiger partial charge in [0.1, 0.15) is 5.69 Å². The molecule has 3 nitrogen and oxygen atoms in total. The molecular formula is C9H8F2INO2. The van der Waals surface area contributed by atoms with E-state index in [4.69, 9.17) is 0 Å². The Morgan fingerprint density at radius 2 is 2.20 bits per heavy atom. The lowest BCUT2D eigenvalue weighted by atomic mass is 10.1. The summed E-state index contributed by atoms with van der Waals surface area (Å²) >= 11 is 1.92. The summed E-state index contributed by atoms with van der Waals surface area (Å²) in [6.07, 6.45) is -1.47. The Balaban J connectivity index is 3.41. The standard InChI is InChI=1S/C9H8F2INO2/c1-4-5(12)3-13-7(8(10)11)6(4)9(14)15-2/h3,8H,1-2H3. The number of carbonyl (C=O) groups excluding carboxylic acids is 1. The van der Waals surface area contributed by atoms with E-state index in [2.05, 4.69) is 9.72 Å². The summed E-state index contributed by atoms with van der Waals surface area (Å²) in [5.74, 6) is -0.784. The van der Waals surface area contributed by atoms with Crippen LogP contribution in [0.3, 0.4) is 0 Å². The summed E-state index contributed by atoms with van der Waals surface area (Å²) in [5.41, 5.74) is -0.202. The molecule has 0 aliphatic heterocycles. The number of pyridine rings is 1. The summed E-state index contributed by atoms with van der Waals surface area (Å²) in [5, 5.41) is 0. The second-order valence-electron chi connectivity index (χ2n) is 2.78. The van der Waals surface area contributed by atoms with Gasteiger partial charge in [0, 0.05) is 9.77 Å². The first kappa shape index (κ1) is 12.3. The SMILES string of the molecule is COC(=O)c1c(C(F)F)ncc(I)c1C. The molecule has 0 saturated heterocycles.